The van der Waals surface area contributed by atoms with E-state index in [0.717, 1.165) is 17.8 Å². The molecule has 2 aliphatic rings. The van der Waals surface area contributed by atoms with Crippen molar-refractivity contribution in [2.75, 3.05) is 19.6 Å². The van der Waals surface area contributed by atoms with E-state index < -0.39 is 0 Å². The summed E-state index contributed by atoms with van der Waals surface area (Å²) in [5.74, 6) is 3.87. The van der Waals surface area contributed by atoms with Gasteiger partial charge < -0.3 is 9.47 Å². The van der Waals surface area contributed by atoms with Crippen molar-refractivity contribution < 1.29 is 0 Å². The Hall–Kier alpha value is -0.830. The van der Waals surface area contributed by atoms with Crippen LogP contribution in [0.25, 0.3) is 0 Å². The summed E-state index contributed by atoms with van der Waals surface area (Å²) < 4.78 is 2.53. The highest BCUT2D eigenvalue weighted by Crippen LogP contribution is 2.29. The molecule has 0 N–H and O–H groups in total. The van der Waals surface area contributed by atoms with Crippen molar-refractivity contribution in [3.8, 4) is 0 Å². The van der Waals surface area contributed by atoms with Gasteiger partial charge in [0.25, 0.3) is 0 Å². The second-order valence-corrected chi connectivity index (χ2v) is 7.40. The lowest BCUT2D eigenvalue weighted by molar-refractivity contribution is 0.189. The summed E-state index contributed by atoms with van der Waals surface area (Å²) in [6, 6.07) is 0. The summed E-state index contributed by atoms with van der Waals surface area (Å²) in [7, 11) is 0. The second kappa shape index (κ2) is 6.51. The van der Waals surface area contributed by atoms with E-state index >= 15 is 0 Å². The molecule has 1 fully saturated rings. The quantitative estimate of drug-likeness (QED) is 0.847. The second-order valence-electron chi connectivity index (χ2n) is 7.40. The standard InChI is InChI=1S/C18H31N3/c1-4-20-8-5-15(6-9-20)11-18-19-13-17-12-16(14(2)3)7-10-21(17)18/h13-16H,4-12H2,1-3H3. The number of likely N-dealkylation sites (tertiary alicyclic amines) is 1. The number of aromatic nitrogens is 2. The maximum atomic E-state index is 4.77. The van der Waals surface area contributed by atoms with Gasteiger partial charge in [0.1, 0.15) is 5.82 Å². The molecule has 1 atom stereocenters. The number of hydrogen-bond donors (Lipinski definition) is 0. The Morgan fingerprint density at radius 1 is 1.19 bits per heavy atom. The number of piperidine rings is 1. The number of hydrogen-bond acceptors (Lipinski definition) is 2. The maximum Gasteiger partial charge on any atom is 0.109 e. The van der Waals surface area contributed by atoms with Crippen LogP contribution in [-0.4, -0.2) is 34.1 Å². The van der Waals surface area contributed by atoms with Gasteiger partial charge in [-0.1, -0.05) is 20.8 Å². The Morgan fingerprint density at radius 3 is 2.62 bits per heavy atom. The smallest absolute Gasteiger partial charge is 0.109 e. The molecule has 3 heteroatoms. The highest BCUT2D eigenvalue weighted by Gasteiger charge is 2.25. The van der Waals surface area contributed by atoms with Gasteiger partial charge in [-0.25, -0.2) is 4.98 Å². The zero-order valence-electron chi connectivity index (χ0n) is 14.0. The first-order valence-corrected chi connectivity index (χ1v) is 8.93. The Kier molecular flexibility index (Phi) is 4.68. The third-order valence-electron chi connectivity index (χ3n) is 5.78. The lowest BCUT2D eigenvalue weighted by Crippen LogP contribution is -2.34. The number of rotatable bonds is 4. The highest BCUT2D eigenvalue weighted by atomic mass is 15.1. The largest absolute Gasteiger partial charge is 0.332 e. The van der Waals surface area contributed by atoms with E-state index in [4.69, 9.17) is 4.98 Å². The molecular formula is C18H31N3. The van der Waals surface area contributed by atoms with Crippen molar-refractivity contribution in [3.63, 3.8) is 0 Å². The molecule has 2 aliphatic heterocycles. The molecule has 0 radical (unpaired) electrons. The summed E-state index contributed by atoms with van der Waals surface area (Å²) in [5.41, 5.74) is 1.49. The molecule has 0 aliphatic carbocycles. The van der Waals surface area contributed by atoms with Gasteiger partial charge in [-0.15, -0.1) is 0 Å². The molecule has 1 aromatic rings. The Balaban J connectivity index is 1.61. The molecule has 3 nitrogen and oxygen atoms in total. The average molecular weight is 289 g/mol. The molecule has 1 unspecified atom stereocenters. The minimum atomic E-state index is 0.801. The summed E-state index contributed by atoms with van der Waals surface area (Å²) in [4.78, 5) is 7.35. The number of imidazole rings is 1. The van der Waals surface area contributed by atoms with Crippen LogP contribution in [0.3, 0.4) is 0 Å². The molecule has 0 bridgehead atoms. The van der Waals surface area contributed by atoms with Crippen LogP contribution < -0.4 is 0 Å². The van der Waals surface area contributed by atoms with Crippen LogP contribution >= 0.6 is 0 Å². The third kappa shape index (κ3) is 3.33. The van der Waals surface area contributed by atoms with Crippen LogP contribution in [-0.2, 0) is 19.4 Å². The molecular weight excluding hydrogens is 258 g/mol. The summed E-state index contributed by atoms with van der Waals surface area (Å²) >= 11 is 0. The Bertz CT molecular complexity index is 455. The molecule has 118 valence electrons. The van der Waals surface area contributed by atoms with E-state index in [9.17, 15) is 0 Å². The average Bonchev–Trinajstić information content (AvgIpc) is 2.90. The lowest BCUT2D eigenvalue weighted by Gasteiger charge is -2.32. The molecule has 1 aromatic heterocycles. The summed E-state index contributed by atoms with van der Waals surface area (Å²) in [6.45, 7) is 12.0. The Labute approximate surface area is 129 Å². The Morgan fingerprint density at radius 2 is 1.95 bits per heavy atom. The molecule has 1 saturated heterocycles. The first kappa shape index (κ1) is 15.1. The highest BCUT2D eigenvalue weighted by molar-refractivity contribution is 5.10. The fourth-order valence-corrected chi connectivity index (χ4v) is 4.05. The summed E-state index contributed by atoms with van der Waals surface area (Å²) in [6.07, 6.45) is 8.63. The molecule has 0 saturated carbocycles. The third-order valence-corrected chi connectivity index (χ3v) is 5.78. The van der Waals surface area contributed by atoms with Crippen molar-refractivity contribution in [3.05, 3.63) is 17.7 Å². The van der Waals surface area contributed by atoms with E-state index in [-0.39, 0.29) is 0 Å². The van der Waals surface area contributed by atoms with E-state index in [1.807, 2.05) is 0 Å². The predicted molar refractivity (Wildman–Crippen MR) is 87.4 cm³/mol. The van der Waals surface area contributed by atoms with Gasteiger partial charge in [0, 0.05) is 24.9 Å². The fourth-order valence-electron chi connectivity index (χ4n) is 4.05. The maximum absolute atomic E-state index is 4.77. The van der Waals surface area contributed by atoms with Crippen molar-refractivity contribution >= 4 is 0 Å². The van der Waals surface area contributed by atoms with Crippen LogP contribution in [0.2, 0.25) is 0 Å². The first-order chi connectivity index (χ1) is 10.2. The van der Waals surface area contributed by atoms with Crippen LogP contribution in [0.1, 0.15) is 51.6 Å². The molecule has 0 spiro atoms. The van der Waals surface area contributed by atoms with E-state index in [1.54, 1.807) is 0 Å². The molecule has 3 rings (SSSR count). The predicted octanol–water partition coefficient (Wildman–Crippen LogP) is 3.38. The minimum Gasteiger partial charge on any atom is -0.332 e. The van der Waals surface area contributed by atoms with E-state index in [2.05, 4.69) is 36.4 Å². The van der Waals surface area contributed by atoms with Gasteiger partial charge in [0.2, 0.25) is 0 Å². The van der Waals surface area contributed by atoms with Gasteiger partial charge in [-0.3, -0.25) is 0 Å². The molecule has 0 amide bonds. The van der Waals surface area contributed by atoms with Gasteiger partial charge in [-0.05, 0) is 63.1 Å². The fraction of sp³-hybridized carbons (Fsp3) is 0.833. The molecule has 21 heavy (non-hydrogen) atoms. The lowest BCUT2D eigenvalue weighted by atomic mass is 9.86. The number of nitrogens with zero attached hydrogens (tertiary/aromatic N) is 3. The van der Waals surface area contributed by atoms with Crippen molar-refractivity contribution in [2.24, 2.45) is 17.8 Å². The van der Waals surface area contributed by atoms with Gasteiger partial charge in [0.15, 0.2) is 0 Å². The van der Waals surface area contributed by atoms with E-state index in [0.29, 0.717) is 0 Å². The van der Waals surface area contributed by atoms with Crippen molar-refractivity contribution in [2.45, 2.75) is 59.4 Å². The van der Waals surface area contributed by atoms with Gasteiger partial charge in [-0.2, -0.15) is 0 Å². The van der Waals surface area contributed by atoms with Crippen LogP contribution in [0, 0.1) is 17.8 Å². The van der Waals surface area contributed by atoms with Crippen LogP contribution in [0.5, 0.6) is 0 Å². The topological polar surface area (TPSA) is 21.1 Å². The zero-order valence-corrected chi connectivity index (χ0v) is 14.0. The van der Waals surface area contributed by atoms with Crippen molar-refractivity contribution in [1.82, 2.24) is 14.5 Å². The van der Waals surface area contributed by atoms with Gasteiger partial charge >= 0.3 is 0 Å². The van der Waals surface area contributed by atoms with Crippen LogP contribution in [0.15, 0.2) is 6.20 Å². The SMILES string of the molecule is CCN1CCC(Cc2ncc3n2CCC(C(C)C)C3)CC1. The van der Waals surface area contributed by atoms with Gasteiger partial charge in [0.05, 0.1) is 0 Å². The van der Waals surface area contributed by atoms with E-state index in [1.165, 1.54) is 69.8 Å². The first-order valence-electron chi connectivity index (χ1n) is 8.93. The van der Waals surface area contributed by atoms with Crippen LogP contribution in [0.4, 0.5) is 0 Å². The monoisotopic (exact) mass is 289 g/mol. The summed E-state index contributed by atoms with van der Waals surface area (Å²) in [5, 5.41) is 0. The number of fused-ring (bicyclic) bond motifs is 1. The zero-order chi connectivity index (χ0) is 14.8. The molecule has 0 aromatic carbocycles. The van der Waals surface area contributed by atoms with Crippen molar-refractivity contribution in [1.29, 1.82) is 0 Å². The molecule has 3 heterocycles. The normalized spacial score (nSPS) is 24.5. The minimum absolute atomic E-state index is 0.801.